The van der Waals surface area contributed by atoms with Crippen molar-refractivity contribution in [3.05, 3.63) is 60.9 Å². The summed E-state index contributed by atoms with van der Waals surface area (Å²) in [6.07, 6.45) is 0. The molecular weight excluding hydrogens is 419 g/mol. The zero-order valence-electron chi connectivity index (χ0n) is 9.65. The van der Waals surface area contributed by atoms with Crippen LogP contribution < -0.4 is 5.56 Å². The smallest absolute Gasteiger partial charge is 0.259 e. The number of nitrogens with one attached hydrogen (secondary N) is 1. The minimum absolute atomic E-state index is 0.119. The van der Waals surface area contributed by atoms with Crippen LogP contribution >= 0.6 is 38.5 Å². The molecule has 1 heterocycles. The van der Waals surface area contributed by atoms with Gasteiger partial charge in [0.1, 0.15) is 5.82 Å². The van der Waals surface area contributed by atoms with Gasteiger partial charge in [-0.05, 0) is 56.7 Å². The van der Waals surface area contributed by atoms with Gasteiger partial charge in [0.25, 0.3) is 5.56 Å². The number of aromatic nitrogens is 2. The number of halogens is 2. The van der Waals surface area contributed by atoms with Crippen LogP contribution in [-0.4, -0.2) is 9.97 Å². The third-order valence-corrected chi connectivity index (χ3v) is 5.31. The van der Waals surface area contributed by atoms with Crippen molar-refractivity contribution in [3.63, 3.8) is 0 Å². The van der Waals surface area contributed by atoms with Gasteiger partial charge in [-0.2, -0.15) is 0 Å². The normalized spacial score (nSPS) is 10.8. The lowest BCUT2D eigenvalue weighted by molar-refractivity contribution is 1.17. The van der Waals surface area contributed by atoms with E-state index in [9.17, 15) is 4.79 Å². The maximum atomic E-state index is 12.1. The average Bonchev–Trinajstić information content (AvgIpc) is 2.42. The monoisotopic (exact) mass is 426 g/mol. The van der Waals surface area contributed by atoms with Crippen molar-refractivity contribution in [2.75, 3.05) is 0 Å². The third-order valence-electron chi connectivity index (χ3n) is 2.82. The van der Waals surface area contributed by atoms with Crippen molar-refractivity contribution < 1.29 is 0 Å². The molecule has 0 amide bonds. The molecule has 0 aliphatic rings. The first-order valence-electron chi connectivity index (χ1n) is 5.60. The van der Waals surface area contributed by atoms with Crippen LogP contribution in [0.15, 0.2) is 51.7 Å². The molecule has 3 aromatic rings. The Morgan fingerprint density at radius 3 is 2.74 bits per heavy atom. The fraction of sp³-hybridized carbons (Fsp3) is 0. The van der Waals surface area contributed by atoms with E-state index in [0.29, 0.717) is 16.7 Å². The Bertz CT molecular complexity index is 829. The molecule has 3 rings (SSSR count). The van der Waals surface area contributed by atoms with E-state index in [1.165, 1.54) is 0 Å². The number of hydrogen-bond donors (Lipinski definition) is 1. The quantitative estimate of drug-likeness (QED) is 0.598. The topological polar surface area (TPSA) is 45.8 Å². The summed E-state index contributed by atoms with van der Waals surface area (Å²) in [7, 11) is 0. The average molecular weight is 427 g/mol. The Labute approximate surface area is 131 Å². The maximum Gasteiger partial charge on any atom is 0.259 e. The summed E-state index contributed by atoms with van der Waals surface area (Å²) in [5.41, 5.74) is 1.47. The van der Waals surface area contributed by atoms with Gasteiger partial charge in [0.15, 0.2) is 0 Å². The molecule has 1 aromatic heterocycles. The molecule has 0 radical (unpaired) electrons. The van der Waals surface area contributed by atoms with Gasteiger partial charge in [-0.1, -0.05) is 24.3 Å². The summed E-state index contributed by atoms with van der Waals surface area (Å²) in [6, 6.07) is 13.2. The summed E-state index contributed by atoms with van der Waals surface area (Å²) >= 11 is 5.77. The number of hydrogen-bond acceptors (Lipinski definition) is 2. The van der Waals surface area contributed by atoms with Crippen molar-refractivity contribution in [1.29, 1.82) is 0 Å². The Morgan fingerprint density at radius 1 is 1.11 bits per heavy atom. The number of H-pyrrole nitrogens is 1. The van der Waals surface area contributed by atoms with Gasteiger partial charge in [-0.15, -0.1) is 0 Å². The summed E-state index contributed by atoms with van der Waals surface area (Å²) in [6.45, 7) is 0. The number of para-hydroxylation sites is 1. The zero-order chi connectivity index (χ0) is 13.4. The van der Waals surface area contributed by atoms with Crippen LogP contribution in [0.25, 0.3) is 22.3 Å². The van der Waals surface area contributed by atoms with Crippen molar-refractivity contribution in [3.8, 4) is 11.4 Å². The number of fused-ring (bicyclic) bond motifs is 1. The summed E-state index contributed by atoms with van der Waals surface area (Å²) in [5.74, 6) is 0.578. The molecule has 3 nitrogen and oxygen atoms in total. The highest BCUT2D eigenvalue weighted by Gasteiger charge is 2.10. The fourth-order valence-corrected chi connectivity index (χ4v) is 2.85. The molecule has 0 aliphatic heterocycles. The molecular formula is C14H8BrIN2O. The Balaban J connectivity index is 2.32. The van der Waals surface area contributed by atoms with Crippen LogP contribution in [0.2, 0.25) is 0 Å². The van der Waals surface area contributed by atoms with Crippen molar-refractivity contribution in [2.45, 2.75) is 0 Å². The van der Waals surface area contributed by atoms with E-state index in [4.69, 9.17) is 0 Å². The first-order chi connectivity index (χ1) is 9.16. The second kappa shape index (κ2) is 5.05. The summed E-state index contributed by atoms with van der Waals surface area (Å²) in [4.78, 5) is 19.4. The van der Waals surface area contributed by atoms with E-state index < -0.39 is 0 Å². The number of rotatable bonds is 1. The highest BCUT2D eigenvalue weighted by Crippen LogP contribution is 2.29. The highest BCUT2D eigenvalue weighted by atomic mass is 127. The lowest BCUT2D eigenvalue weighted by Gasteiger charge is -2.06. The fourth-order valence-electron chi connectivity index (χ4n) is 1.90. The predicted octanol–water partition coefficient (Wildman–Crippen LogP) is 3.96. The molecule has 19 heavy (non-hydrogen) atoms. The number of nitrogens with zero attached hydrogens (tertiary/aromatic N) is 1. The molecule has 2 aromatic carbocycles. The van der Waals surface area contributed by atoms with E-state index in [1.807, 2.05) is 36.4 Å². The lowest BCUT2D eigenvalue weighted by Crippen LogP contribution is -2.09. The molecule has 1 N–H and O–H groups in total. The zero-order valence-corrected chi connectivity index (χ0v) is 13.4. The third kappa shape index (κ3) is 2.32. The number of aromatic amines is 1. The maximum absolute atomic E-state index is 12.1. The summed E-state index contributed by atoms with van der Waals surface area (Å²) in [5, 5.41) is 0.605. The van der Waals surface area contributed by atoms with Crippen LogP contribution in [-0.2, 0) is 0 Å². The largest absolute Gasteiger partial charge is 0.306 e. The molecule has 5 heteroatoms. The van der Waals surface area contributed by atoms with E-state index in [2.05, 4.69) is 48.5 Å². The van der Waals surface area contributed by atoms with Crippen LogP contribution in [0.1, 0.15) is 0 Å². The van der Waals surface area contributed by atoms with Crippen molar-refractivity contribution in [1.82, 2.24) is 9.97 Å². The van der Waals surface area contributed by atoms with Gasteiger partial charge in [-0.25, -0.2) is 4.98 Å². The van der Waals surface area contributed by atoms with Gasteiger partial charge in [0.05, 0.1) is 10.9 Å². The van der Waals surface area contributed by atoms with Crippen LogP contribution in [0, 0.1) is 3.57 Å². The first kappa shape index (κ1) is 12.8. The van der Waals surface area contributed by atoms with Crippen LogP contribution in [0.3, 0.4) is 0 Å². The standard InChI is InChI=1S/C14H8BrIN2O/c15-12-9(5-3-6-10(12)16)13-17-11-7-2-1-4-8(11)14(19)18-13/h1-7H,(H,17,18,19). The van der Waals surface area contributed by atoms with Crippen LogP contribution in [0.4, 0.5) is 0 Å². The number of benzene rings is 2. The second-order valence-corrected chi connectivity index (χ2v) is 5.99. The molecule has 94 valence electrons. The van der Waals surface area contributed by atoms with Crippen molar-refractivity contribution in [2.24, 2.45) is 0 Å². The minimum atomic E-state index is -0.119. The van der Waals surface area contributed by atoms with E-state index in [1.54, 1.807) is 6.07 Å². The second-order valence-electron chi connectivity index (χ2n) is 4.03. The first-order valence-corrected chi connectivity index (χ1v) is 7.47. The van der Waals surface area contributed by atoms with Gasteiger partial charge in [-0.3, -0.25) is 4.79 Å². The van der Waals surface area contributed by atoms with Crippen molar-refractivity contribution >= 4 is 49.4 Å². The molecule has 0 bridgehead atoms. The minimum Gasteiger partial charge on any atom is -0.306 e. The van der Waals surface area contributed by atoms with Gasteiger partial charge in [0, 0.05) is 13.6 Å². The highest BCUT2D eigenvalue weighted by molar-refractivity contribution is 14.1. The molecule has 0 fully saturated rings. The van der Waals surface area contributed by atoms with E-state index in [-0.39, 0.29) is 5.56 Å². The molecule has 0 saturated carbocycles. The predicted molar refractivity (Wildman–Crippen MR) is 88.2 cm³/mol. The Morgan fingerprint density at radius 2 is 1.89 bits per heavy atom. The Kier molecular flexibility index (Phi) is 3.40. The van der Waals surface area contributed by atoms with Gasteiger partial charge < -0.3 is 4.98 Å². The van der Waals surface area contributed by atoms with Gasteiger partial charge >= 0.3 is 0 Å². The van der Waals surface area contributed by atoms with Crippen LogP contribution in [0.5, 0.6) is 0 Å². The SMILES string of the molecule is O=c1[nH]c(-c2cccc(I)c2Br)nc2ccccc12. The molecule has 0 aliphatic carbocycles. The molecule has 0 unspecified atom stereocenters. The molecule has 0 spiro atoms. The Hall–Kier alpha value is -1.21. The van der Waals surface area contributed by atoms with Gasteiger partial charge in [0.2, 0.25) is 0 Å². The molecule has 0 atom stereocenters. The van der Waals surface area contributed by atoms with E-state index in [0.717, 1.165) is 13.6 Å². The summed E-state index contributed by atoms with van der Waals surface area (Å²) < 4.78 is 2.01. The van der Waals surface area contributed by atoms with E-state index >= 15 is 0 Å². The lowest BCUT2D eigenvalue weighted by atomic mass is 10.2. The molecule has 0 saturated heterocycles.